The van der Waals surface area contributed by atoms with E-state index in [-0.39, 0.29) is 6.04 Å². The summed E-state index contributed by atoms with van der Waals surface area (Å²) in [6, 6.07) is 16.1. The molecule has 0 aromatic heterocycles. The monoisotopic (exact) mass is 446 g/mol. The predicted molar refractivity (Wildman–Crippen MR) is 126 cm³/mol. The summed E-state index contributed by atoms with van der Waals surface area (Å²) in [7, 11) is 4.04. The lowest BCUT2D eigenvalue weighted by Crippen LogP contribution is -2.52. The smallest absolute Gasteiger partial charge is 0.124 e. The van der Waals surface area contributed by atoms with E-state index in [0.717, 1.165) is 49.4 Å². The molecule has 0 saturated carbocycles. The maximum Gasteiger partial charge on any atom is 0.124 e. The van der Waals surface area contributed by atoms with Gasteiger partial charge in [-0.2, -0.15) is 0 Å². The van der Waals surface area contributed by atoms with Crippen LogP contribution in [-0.4, -0.2) is 66.9 Å². The molecule has 31 heavy (non-hydrogen) atoms. The van der Waals surface area contributed by atoms with Crippen LogP contribution in [0.2, 0.25) is 5.02 Å². The molecular formula is C25H35ClN2O3. The van der Waals surface area contributed by atoms with Gasteiger partial charge in [0.05, 0.1) is 13.2 Å². The average Bonchev–Trinajstić information content (AvgIpc) is 2.73. The van der Waals surface area contributed by atoms with E-state index in [0.29, 0.717) is 24.8 Å². The normalized spacial score (nSPS) is 23.6. The lowest BCUT2D eigenvalue weighted by atomic mass is 9.92. The number of ether oxygens (including phenoxy) is 2. The van der Waals surface area contributed by atoms with E-state index in [1.165, 1.54) is 0 Å². The molecule has 170 valence electrons. The first-order valence-electron chi connectivity index (χ1n) is 11.0. The number of halogens is 1. The Hall–Kier alpha value is -1.63. The number of rotatable bonds is 6. The summed E-state index contributed by atoms with van der Waals surface area (Å²) in [5.74, 6) is 0.861. The van der Waals surface area contributed by atoms with Crippen molar-refractivity contribution >= 4 is 11.6 Å². The quantitative estimate of drug-likeness (QED) is 0.720. The fourth-order valence-corrected chi connectivity index (χ4v) is 4.46. The van der Waals surface area contributed by atoms with Crippen LogP contribution >= 0.6 is 11.6 Å². The molecule has 1 heterocycles. The number of aliphatic hydroxyl groups is 1. The summed E-state index contributed by atoms with van der Waals surface area (Å²) in [6.45, 7) is 5.79. The first-order valence-corrected chi connectivity index (χ1v) is 11.4. The average molecular weight is 447 g/mol. The zero-order chi connectivity index (χ0) is 22.3. The van der Waals surface area contributed by atoms with Crippen LogP contribution in [0.15, 0.2) is 48.5 Å². The second-order valence-electron chi connectivity index (χ2n) is 8.83. The van der Waals surface area contributed by atoms with Gasteiger partial charge in [0.2, 0.25) is 0 Å². The van der Waals surface area contributed by atoms with Gasteiger partial charge >= 0.3 is 0 Å². The highest BCUT2D eigenvalue weighted by Gasteiger charge is 2.34. The molecule has 1 N–H and O–H groups in total. The zero-order valence-electron chi connectivity index (χ0n) is 18.9. The molecule has 2 atom stereocenters. The van der Waals surface area contributed by atoms with E-state index in [1.807, 2.05) is 57.4 Å². The summed E-state index contributed by atoms with van der Waals surface area (Å²) in [4.78, 5) is 4.48. The standard InChI is InChI=1S/C25H35ClN2O3/c1-25(29)19-30-15-14-28(13-7-10-24(25)27(2)3)17-21-16-22(26)11-12-23(21)31-18-20-8-5-4-6-9-20/h4-6,8-9,11-12,16,24,29H,7,10,13-15,17-19H2,1-3H3/t24-,25-/m0/s1. The van der Waals surface area contributed by atoms with E-state index < -0.39 is 5.60 Å². The van der Waals surface area contributed by atoms with Gasteiger partial charge in [-0.25, -0.2) is 0 Å². The minimum Gasteiger partial charge on any atom is -0.489 e. The Morgan fingerprint density at radius 3 is 2.71 bits per heavy atom. The zero-order valence-corrected chi connectivity index (χ0v) is 19.6. The molecule has 5 nitrogen and oxygen atoms in total. The molecule has 1 fully saturated rings. The molecule has 0 radical (unpaired) electrons. The predicted octanol–water partition coefficient (Wildman–Crippen LogP) is 4.21. The molecule has 0 bridgehead atoms. The van der Waals surface area contributed by atoms with Gasteiger partial charge in [-0.1, -0.05) is 41.9 Å². The maximum absolute atomic E-state index is 10.8. The van der Waals surface area contributed by atoms with E-state index in [4.69, 9.17) is 21.1 Å². The van der Waals surface area contributed by atoms with Crippen molar-refractivity contribution in [1.82, 2.24) is 9.80 Å². The Balaban J connectivity index is 1.67. The van der Waals surface area contributed by atoms with Gasteiger partial charge in [-0.15, -0.1) is 0 Å². The van der Waals surface area contributed by atoms with Gasteiger partial charge in [-0.3, -0.25) is 4.90 Å². The van der Waals surface area contributed by atoms with Crippen molar-refractivity contribution in [3.05, 3.63) is 64.7 Å². The molecule has 0 aliphatic carbocycles. The second kappa shape index (κ2) is 11.3. The third-order valence-corrected chi connectivity index (χ3v) is 6.13. The van der Waals surface area contributed by atoms with Gasteiger partial charge in [0.1, 0.15) is 18.0 Å². The van der Waals surface area contributed by atoms with Crippen molar-refractivity contribution in [2.24, 2.45) is 0 Å². The van der Waals surface area contributed by atoms with Crippen LogP contribution < -0.4 is 4.74 Å². The van der Waals surface area contributed by atoms with E-state index in [9.17, 15) is 5.11 Å². The molecule has 0 amide bonds. The second-order valence-corrected chi connectivity index (χ2v) is 9.27. The first-order chi connectivity index (χ1) is 14.8. The van der Waals surface area contributed by atoms with E-state index in [2.05, 4.69) is 21.9 Å². The van der Waals surface area contributed by atoms with E-state index >= 15 is 0 Å². The number of benzene rings is 2. The van der Waals surface area contributed by atoms with Crippen LogP contribution in [0.25, 0.3) is 0 Å². The Morgan fingerprint density at radius 2 is 1.97 bits per heavy atom. The van der Waals surface area contributed by atoms with Gasteiger partial charge < -0.3 is 19.5 Å². The summed E-state index contributed by atoms with van der Waals surface area (Å²) < 4.78 is 12.0. The summed E-state index contributed by atoms with van der Waals surface area (Å²) in [5, 5.41) is 11.5. The molecular weight excluding hydrogens is 412 g/mol. The van der Waals surface area contributed by atoms with Crippen LogP contribution in [0.5, 0.6) is 5.75 Å². The Morgan fingerprint density at radius 1 is 1.19 bits per heavy atom. The number of likely N-dealkylation sites (N-methyl/N-ethyl adjacent to an activating group) is 1. The van der Waals surface area contributed by atoms with E-state index in [1.54, 1.807) is 0 Å². The third-order valence-electron chi connectivity index (χ3n) is 5.89. The summed E-state index contributed by atoms with van der Waals surface area (Å²) >= 11 is 6.31. The first kappa shape index (κ1) is 24.0. The largest absolute Gasteiger partial charge is 0.489 e. The van der Waals surface area contributed by atoms with Crippen molar-refractivity contribution in [2.75, 3.05) is 40.4 Å². The molecule has 0 unspecified atom stereocenters. The molecule has 1 saturated heterocycles. The Bertz CT molecular complexity index is 814. The van der Waals surface area contributed by atoms with Crippen molar-refractivity contribution < 1.29 is 14.6 Å². The van der Waals surface area contributed by atoms with Crippen LogP contribution in [0.1, 0.15) is 30.9 Å². The molecule has 1 aliphatic rings. The van der Waals surface area contributed by atoms with Crippen molar-refractivity contribution in [1.29, 1.82) is 0 Å². The highest BCUT2D eigenvalue weighted by atomic mass is 35.5. The SMILES string of the molecule is CN(C)[C@H]1CCCN(Cc2cc(Cl)ccc2OCc2ccccc2)CCOC[C@]1(C)O. The van der Waals surface area contributed by atoms with Crippen molar-refractivity contribution in [3.8, 4) is 5.75 Å². The molecule has 2 aromatic rings. The van der Waals surface area contributed by atoms with Crippen LogP contribution in [0.3, 0.4) is 0 Å². The molecule has 1 aliphatic heterocycles. The molecule has 0 spiro atoms. The van der Waals surface area contributed by atoms with Gasteiger partial charge in [-0.05, 0) is 64.2 Å². The molecule has 6 heteroatoms. The van der Waals surface area contributed by atoms with Gasteiger partial charge in [0.15, 0.2) is 0 Å². The molecule has 2 aromatic carbocycles. The van der Waals surface area contributed by atoms with Gasteiger partial charge in [0, 0.05) is 29.7 Å². The van der Waals surface area contributed by atoms with Crippen LogP contribution in [0.4, 0.5) is 0 Å². The molecule has 3 rings (SSSR count). The highest BCUT2D eigenvalue weighted by molar-refractivity contribution is 6.30. The fraction of sp³-hybridized carbons (Fsp3) is 0.520. The Kier molecular flexibility index (Phi) is 8.76. The highest BCUT2D eigenvalue weighted by Crippen LogP contribution is 2.26. The number of hydrogen-bond donors (Lipinski definition) is 1. The number of nitrogens with zero attached hydrogens (tertiary/aromatic N) is 2. The third kappa shape index (κ3) is 7.19. The van der Waals surface area contributed by atoms with Crippen LogP contribution in [-0.2, 0) is 17.9 Å². The summed E-state index contributed by atoms with van der Waals surface area (Å²) in [5.41, 5.74) is 1.37. The summed E-state index contributed by atoms with van der Waals surface area (Å²) in [6.07, 6.45) is 1.91. The van der Waals surface area contributed by atoms with Crippen LogP contribution in [0, 0.1) is 0 Å². The fourth-order valence-electron chi connectivity index (χ4n) is 4.26. The van der Waals surface area contributed by atoms with Crippen molar-refractivity contribution in [3.63, 3.8) is 0 Å². The number of hydrogen-bond acceptors (Lipinski definition) is 5. The maximum atomic E-state index is 10.8. The van der Waals surface area contributed by atoms with Gasteiger partial charge in [0.25, 0.3) is 0 Å². The minimum atomic E-state index is -0.850. The van der Waals surface area contributed by atoms with Crippen molar-refractivity contribution in [2.45, 2.75) is 44.6 Å². The lowest BCUT2D eigenvalue weighted by Gasteiger charge is -2.39. The minimum absolute atomic E-state index is 0.0587. The Labute approximate surface area is 191 Å². The lowest BCUT2D eigenvalue weighted by molar-refractivity contribution is -0.0885. The topological polar surface area (TPSA) is 45.2 Å².